The van der Waals surface area contributed by atoms with E-state index in [1.54, 1.807) is 10.9 Å². The molecule has 1 unspecified atom stereocenters. The quantitative estimate of drug-likeness (QED) is 0.684. The van der Waals surface area contributed by atoms with E-state index in [0.717, 1.165) is 11.5 Å². The Balaban J connectivity index is 1.71. The van der Waals surface area contributed by atoms with Crippen LogP contribution in [0.15, 0.2) is 61.1 Å². The summed E-state index contributed by atoms with van der Waals surface area (Å²) in [5.74, 6) is 0.812. The normalized spacial score (nSPS) is 12.1. The summed E-state index contributed by atoms with van der Waals surface area (Å²) in [5, 5.41) is 7.62. The molecule has 0 radical (unpaired) electrons. The molecule has 0 aliphatic rings. The minimum absolute atomic E-state index is 0.236. The first-order valence-electron chi connectivity index (χ1n) is 6.70. The highest BCUT2D eigenvalue weighted by Crippen LogP contribution is 2.20. The smallest absolute Gasteiger partial charge is 0.153 e. The van der Waals surface area contributed by atoms with Crippen LogP contribution in [0.1, 0.15) is 18.5 Å². The lowest BCUT2D eigenvalue weighted by molar-refractivity contribution is 0.842. The van der Waals surface area contributed by atoms with E-state index in [1.165, 1.54) is 9.13 Å². The lowest BCUT2D eigenvalue weighted by Crippen LogP contribution is -2.07. The highest BCUT2D eigenvalue weighted by atomic mass is 127. The summed E-state index contributed by atoms with van der Waals surface area (Å²) in [4.78, 5) is 4.42. The molecule has 0 spiro atoms. The van der Waals surface area contributed by atoms with Gasteiger partial charge >= 0.3 is 0 Å². The third kappa shape index (κ3) is 3.41. The van der Waals surface area contributed by atoms with E-state index in [2.05, 4.69) is 69.2 Å². The van der Waals surface area contributed by atoms with Crippen molar-refractivity contribution < 1.29 is 0 Å². The van der Waals surface area contributed by atoms with Crippen LogP contribution in [-0.4, -0.2) is 14.8 Å². The molecule has 0 bridgehead atoms. The molecule has 3 aromatic rings. The Morgan fingerprint density at radius 3 is 2.57 bits per heavy atom. The second-order valence-corrected chi connectivity index (χ2v) is 6.02. The number of aromatic nitrogens is 3. The SMILES string of the molecule is CC(Nc1ccc(-n2cccn2)nc1)c1ccc(I)cc1. The third-order valence-corrected chi connectivity index (χ3v) is 3.96. The maximum absolute atomic E-state index is 4.42. The van der Waals surface area contributed by atoms with Crippen molar-refractivity contribution in [2.24, 2.45) is 0 Å². The van der Waals surface area contributed by atoms with Crippen LogP contribution in [0, 0.1) is 3.57 Å². The molecule has 0 amide bonds. The zero-order chi connectivity index (χ0) is 14.7. The zero-order valence-electron chi connectivity index (χ0n) is 11.6. The standard InChI is InChI=1S/C16H15IN4/c1-12(13-3-5-14(17)6-4-13)20-15-7-8-16(18-11-15)21-10-2-9-19-21/h2-12,20H,1H3. The maximum Gasteiger partial charge on any atom is 0.153 e. The lowest BCUT2D eigenvalue weighted by atomic mass is 10.1. The Kier molecular flexibility index (Phi) is 4.19. The second kappa shape index (κ2) is 6.26. The Bertz CT molecular complexity index is 690. The molecule has 1 aromatic carbocycles. The molecule has 0 fully saturated rings. The molecular weight excluding hydrogens is 375 g/mol. The average molecular weight is 390 g/mol. The maximum atomic E-state index is 4.42. The van der Waals surface area contributed by atoms with Crippen molar-refractivity contribution in [1.29, 1.82) is 0 Å². The van der Waals surface area contributed by atoms with Gasteiger partial charge in [-0.05, 0) is 65.4 Å². The number of nitrogens with zero attached hydrogens (tertiary/aromatic N) is 3. The fourth-order valence-electron chi connectivity index (χ4n) is 2.10. The van der Waals surface area contributed by atoms with Crippen molar-refractivity contribution in [3.63, 3.8) is 0 Å². The largest absolute Gasteiger partial charge is 0.377 e. The van der Waals surface area contributed by atoms with Crippen molar-refractivity contribution in [2.75, 3.05) is 5.32 Å². The summed E-state index contributed by atoms with van der Waals surface area (Å²) in [6.45, 7) is 2.14. The van der Waals surface area contributed by atoms with Crippen LogP contribution in [0.3, 0.4) is 0 Å². The first-order valence-corrected chi connectivity index (χ1v) is 7.78. The topological polar surface area (TPSA) is 42.7 Å². The monoisotopic (exact) mass is 390 g/mol. The summed E-state index contributed by atoms with van der Waals surface area (Å²) in [6.07, 6.45) is 5.45. The summed E-state index contributed by atoms with van der Waals surface area (Å²) in [7, 11) is 0. The molecule has 5 heteroatoms. The highest BCUT2D eigenvalue weighted by Gasteiger charge is 2.06. The van der Waals surface area contributed by atoms with Gasteiger partial charge in [-0.3, -0.25) is 0 Å². The fraction of sp³-hybridized carbons (Fsp3) is 0.125. The summed E-state index contributed by atoms with van der Waals surface area (Å²) in [5.41, 5.74) is 2.25. The van der Waals surface area contributed by atoms with Crippen LogP contribution in [0.4, 0.5) is 5.69 Å². The van der Waals surface area contributed by atoms with E-state index in [1.807, 2.05) is 30.6 Å². The van der Waals surface area contributed by atoms with Crippen molar-refractivity contribution in [1.82, 2.24) is 14.8 Å². The van der Waals surface area contributed by atoms with E-state index in [4.69, 9.17) is 0 Å². The van der Waals surface area contributed by atoms with Crippen LogP contribution in [0.25, 0.3) is 5.82 Å². The molecule has 0 saturated heterocycles. The van der Waals surface area contributed by atoms with Crippen LogP contribution in [0.2, 0.25) is 0 Å². The Morgan fingerprint density at radius 1 is 1.14 bits per heavy atom. The van der Waals surface area contributed by atoms with Crippen LogP contribution in [-0.2, 0) is 0 Å². The van der Waals surface area contributed by atoms with E-state index in [0.29, 0.717) is 0 Å². The third-order valence-electron chi connectivity index (χ3n) is 3.24. The molecule has 106 valence electrons. The van der Waals surface area contributed by atoms with Crippen LogP contribution in [0.5, 0.6) is 0 Å². The predicted molar refractivity (Wildman–Crippen MR) is 92.6 cm³/mol. The number of halogens is 1. The molecule has 0 aliphatic heterocycles. The Hall–Kier alpha value is -1.89. The van der Waals surface area contributed by atoms with Gasteiger partial charge in [0.25, 0.3) is 0 Å². The number of anilines is 1. The van der Waals surface area contributed by atoms with Gasteiger partial charge in [0.1, 0.15) is 0 Å². The minimum Gasteiger partial charge on any atom is -0.377 e. The second-order valence-electron chi connectivity index (χ2n) is 4.77. The van der Waals surface area contributed by atoms with Crippen molar-refractivity contribution in [2.45, 2.75) is 13.0 Å². The summed E-state index contributed by atoms with van der Waals surface area (Å²) in [6, 6.07) is 14.6. The number of hydrogen-bond acceptors (Lipinski definition) is 3. The van der Waals surface area contributed by atoms with Crippen LogP contribution >= 0.6 is 22.6 Å². The summed E-state index contributed by atoms with van der Waals surface area (Å²) < 4.78 is 2.99. The van der Waals surface area contributed by atoms with E-state index in [-0.39, 0.29) is 6.04 Å². The lowest BCUT2D eigenvalue weighted by Gasteiger charge is -2.15. The number of benzene rings is 1. The van der Waals surface area contributed by atoms with E-state index in [9.17, 15) is 0 Å². The van der Waals surface area contributed by atoms with Gasteiger partial charge in [0.2, 0.25) is 0 Å². The molecule has 1 atom stereocenters. The predicted octanol–water partition coefficient (Wildman–Crippen LogP) is 4.05. The van der Waals surface area contributed by atoms with Gasteiger partial charge in [-0.2, -0.15) is 5.10 Å². The molecular formula is C16H15IN4. The molecule has 2 aromatic heterocycles. The van der Waals surface area contributed by atoms with Gasteiger partial charge in [-0.15, -0.1) is 0 Å². The van der Waals surface area contributed by atoms with Gasteiger partial charge in [-0.25, -0.2) is 9.67 Å². The fourth-order valence-corrected chi connectivity index (χ4v) is 2.46. The molecule has 3 rings (SSSR count). The zero-order valence-corrected chi connectivity index (χ0v) is 13.7. The van der Waals surface area contributed by atoms with Gasteiger partial charge in [0, 0.05) is 22.0 Å². The summed E-state index contributed by atoms with van der Waals surface area (Å²) >= 11 is 2.31. The first-order chi connectivity index (χ1) is 10.2. The van der Waals surface area contributed by atoms with Gasteiger partial charge in [0.05, 0.1) is 11.9 Å². The highest BCUT2D eigenvalue weighted by molar-refractivity contribution is 14.1. The molecule has 2 heterocycles. The average Bonchev–Trinajstić information content (AvgIpc) is 3.03. The number of pyridine rings is 1. The first kappa shape index (κ1) is 14.1. The molecule has 21 heavy (non-hydrogen) atoms. The van der Waals surface area contributed by atoms with Gasteiger partial charge < -0.3 is 5.32 Å². The van der Waals surface area contributed by atoms with Gasteiger partial charge in [-0.1, -0.05) is 12.1 Å². The minimum atomic E-state index is 0.236. The van der Waals surface area contributed by atoms with E-state index >= 15 is 0 Å². The number of nitrogens with one attached hydrogen (secondary N) is 1. The molecule has 0 aliphatic carbocycles. The van der Waals surface area contributed by atoms with Crippen LogP contribution < -0.4 is 5.32 Å². The van der Waals surface area contributed by atoms with Crippen molar-refractivity contribution >= 4 is 28.3 Å². The molecule has 4 nitrogen and oxygen atoms in total. The number of hydrogen-bond donors (Lipinski definition) is 1. The Morgan fingerprint density at radius 2 is 1.95 bits per heavy atom. The van der Waals surface area contributed by atoms with Crippen molar-refractivity contribution in [3.8, 4) is 5.82 Å². The van der Waals surface area contributed by atoms with E-state index < -0.39 is 0 Å². The van der Waals surface area contributed by atoms with Crippen molar-refractivity contribution in [3.05, 3.63) is 70.2 Å². The van der Waals surface area contributed by atoms with Gasteiger partial charge in [0.15, 0.2) is 5.82 Å². The molecule has 0 saturated carbocycles. The molecule has 1 N–H and O–H groups in total. The Labute approximate surface area is 137 Å². The number of rotatable bonds is 4.